The number of carbonyl (C=O) groups is 3. The number of aryl methyl sites for hydroxylation is 1. The van der Waals surface area contributed by atoms with Crippen LogP contribution in [0.1, 0.15) is 30.9 Å². The van der Waals surface area contributed by atoms with Crippen LogP contribution in [0.4, 0.5) is 5.69 Å². The van der Waals surface area contributed by atoms with Gasteiger partial charge in [-0.05, 0) is 54.7 Å². The quantitative estimate of drug-likeness (QED) is 0.306. The molecule has 3 amide bonds. The van der Waals surface area contributed by atoms with Gasteiger partial charge >= 0.3 is 11.8 Å². The second-order valence-electron chi connectivity index (χ2n) is 7.50. The maximum Gasteiger partial charge on any atom is 0.329 e. The van der Waals surface area contributed by atoms with E-state index in [0.717, 1.165) is 19.3 Å². The van der Waals surface area contributed by atoms with Crippen molar-refractivity contribution in [2.45, 2.75) is 32.3 Å². The van der Waals surface area contributed by atoms with Gasteiger partial charge in [0.2, 0.25) is 0 Å². The number of hydrogen-bond donors (Lipinski definition) is 3. The highest BCUT2D eigenvalue weighted by Crippen LogP contribution is 2.13. The average Bonchev–Trinajstić information content (AvgIpc) is 3.36. The molecular formula is C24H28N4O5. The molecule has 2 aromatic carbocycles. The molecule has 174 valence electrons. The summed E-state index contributed by atoms with van der Waals surface area (Å²) in [5, 5.41) is 9.10. The first kappa shape index (κ1) is 23.9. The highest BCUT2D eigenvalue weighted by molar-refractivity contribution is 6.35. The van der Waals surface area contributed by atoms with Crippen molar-refractivity contribution in [3.8, 4) is 5.75 Å². The molecule has 9 heteroatoms. The van der Waals surface area contributed by atoms with Crippen LogP contribution in [0.3, 0.4) is 0 Å². The van der Waals surface area contributed by atoms with Gasteiger partial charge in [0.05, 0.1) is 12.3 Å². The molecule has 1 saturated heterocycles. The normalized spacial score (nSPS) is 15.2. The zero-order valence-electron chi connectivity index (χ0n) is 18.5. The Hall–Kier alpha value is -3.72. The van der Waals surface area contributed by atoms with Crippen LogP contribution in [0.15, 0.2) is 53.6 Å². The van der Waals surface area contributed by atoms with Crippen LogP contribution >= 0.6 is 0 Å². The second-order valence-corrected chi connectivity index (χ2v) is 7.50. The number of carbonyl (C=O) groups excluding carboxylic acids is 3. The maximum absolute atomic E-state index is 12.1. The molecule has 1 aliphatic rings. The summed E-state index contributed by atoms with van der Waals surface area (Å²) >= 11 is 0. The van der Waals surface area contributed by atoms with Gasteiger partial charge in [0.15, 0.2) is 6.61 Å². The first-order valence-electron chi connectivity index (χ1n) is 10.9. The molecule has 0 bridgehead atoms. The smallest absolute Gasteiger partial charge is 0.329 e. The number of anilines is 1. The lowest BCUT2D eigenvalue weighted by molar-refractivity contribution is -0.139. The van der Waals surface area contributed by atoms with Crippen molar-refractivity contribution in [2.24, 2.45) is 5.10 Å². The molecule has 1 atom stereocenters. The van der Waals surface area contributed by atoms with Crippen LogP contribution in [0, 0.1) is 0 Å². The van der Waals surface area contributed by atoms with Gasteiger partial charge in [-0.3, -0.25) is 14.4 Å². The number of nitrogens with zero attached hydrogens (tertiary/aromatic N) is 1. The Morgan fingerprint density at radius 3 is 2.70 bits per heavy atom. The Balaban J connectivity index is 1.41. The fraction of sp³-hybridized carbons (Fsp3) is 0.333. The molecule has 0 saturated carbocycles. The molecule has 9 nitrogen and oxygen atoms in total. The summed E-state index contributed by atoms with van der Waals surface area (Å²) in [6, 6.07) is 14.5. The summed E-state index contributed by atoms with van der Waals surface area (Å²) in [5.74, 6) is -1.44. The fourth-order valence-electron chi connectivity index (χ4n) is 3.16. The number of hydrogen-bond acceptors (Lipinski definition) is 6. The van der Waals surface area contributed by atoms with Crippen LogP contribution in [0.5, 0.6) is 5.75 Å². The van der Waals surface area contributed by atoms with E-state index in [1.807, 2.05) is 24.3 Å². The number of rotatable bonds is 9. The summed E-state index contributed by atoms with van der Waals surface area (Å²) in [7, 11) is 0. The van der Waals surface area contributed by atoms with Crippen molar-refractivity contribution in [3.63, 3.8) is 0 Å². The number of amides is 3. The molecule has 2 aromatic rings. The summed E-state index contributed by atoms with van der Waals surface area (Å²) in [4.78, 5) is 35.7. The minimum Gasteiger partial charge on any atom is -0.484 e. The molecule has 0 aliphatic carbocycles. The molecule has 3 rings (SSSR count). The van der Waals surface area contributed by atoms with Crippen LogP contribution in [0.2, 0.25) is 0 Å². The summed E-state index contributed by atoms with van der Waals surface area (Å²) in [6.45, 7) is 2.89. The topological polar surface area (TPSA) is 118 Å². The molecule has 1 heterocycles. The molecule has 3 N–H and O–H groups in total. The van der Waals surface area contributed by atoms with Gasteiger partial charge in [-0.2, -0.15) is 5.10 Å². The summed E-state index contributed by atoms with van der Waals surface area (Å²) < 4.78 is 10.9. The minimum absolute atomic E-state index is 0.0447. The van der Waals surface area contributed by atoms with E-state index < -0.39 is 11.8 Å². The molecule has 0 unspecified atom stereocenters. The van der Waals surface area contributed by atoms with Gasteiger partial charge in [-0.15, -0.1) is 0 Å². The second kappa shape index (κ2) is 12.4. The molecule has 0 radical (unpaired) electrons. The molecule has 0 aromatic heterocycles. The summed E-state index contributed by atoms with van der Waals surface area (Å²) in [6.07, 6.45) is 4.09. The van der Waals surface area contributed by atoms with E-state index in [1.54, 1.807) is 24.3 Å². The maximum atomic E-state index is 12.1. The van der Waals surface area contributed by atoms with Crippen molar-refractivity contribution < 1.29 is 23.9 Å². The first-order valence-corrected chi connectivity index (χ1v) is 10.9. The van der Waals surface area contributed by atoms with Gasteiger partial charge in [0.1, 0.15) is 5.75 Å². The molecule has 1 fully saturated rings. The van der Waals surface area contributed by atoms with E-state index in [1.165, 1.54) is 11.8 Å². The Morgan fingerprint density at radius 1 is 1.15 bits per heavy atom. The SMILES string of the molecule is CCc1ccc(NC(=O)COc2cccc(/C=N\NC(=O)C(=O)NC[C@@H]3CCCO3)c2)cc1. The summed E-state index contributed by atoms with van der Waals surface area (Å²) in [5.41, 5.74) is 4.71. The molecule has 1 aliphatic heterocycles. The monoisotopic (exact) mass is 452 g/mol. The predicted molar refractivity (Wildman–Crippen MR) is 124 cm³/mol. The zero-order valence-corrected chi connectivity index (χ0v) is 18.5. The van der Waals surface area contributed by atoms with Crippen LogP contribution < -0.4 is 20.8 Å². The van der Waals surface area contributed by atoms with Crippen molar-refractivity contribution in [1.29, 1.82) is 0 Å². The van der Waals surface area contributed by atoms with Crippen molar-refractivity contribution >= 4 is 29.6 Å². The highest BCUT2D eigenvalue weighted by atomic mass is 16.5. The first-order chi connectivity index (χ1) is 16.0. The Morgan fingerprint density at radius 2 is 1.97 bits per heavy atom. The van der Waals surface area contributed by atoms with Crippen LogP contribution in [0.25, 0.3) is 0 Å². The predicted octanol–water partition coefficient (Wildman–Crippen LogP) is 2.01. The van der Waals surface area contributed by atoms with E-state index in [4.69, 9.17) is 9.47 Å². The number of nitrogens with one attached hydrogen (secondary N) is 3. The van der Waals surface area contributed by atoms with E-state index in [-0.39, 0.29) is 18.6 Å². The lowest BCUT2D eigenvalue weighted by Crippen LogP contribution is -2.41. The Bertz CT molecular complexity index is 985. The van der Waals surface area contributed by atoms with E-state index in [0.29, 0.717) is 30.2 Å². The zero-order chi connectivity index (χ0) is 23.5. The third-order valence-corrected chi connectivity index (χ3v) is 4.97. The largest absolute Gasteiger partial charge is 0.484 e. The van der Waals surface area contributed by atoms with Crippen LogP contribution in [-0.2, 0) is 25.5 Å². The third-order valence-electron chi connectivity index (χ3n) is 4.97. The van der Waals surface area contributed by atoms with Crippen molar-refractivity contribution in [3.05, 3.63) is 59.7 Å². The van der Waals surface area contributed by atoms with E-state index >= 15 is 0 Å². The third kappa shape index (κ3) is 8.04. The molecule has 33 heavy (non-hydrogen) atoms. The standard InChI is InChI=1S/C24H28N4O5/c1-2-17-8-10-19(11-9-17)27-22(29)16-33-20-6-3-5-18(13-20)14-26-28-24(31)23(30)25-15-21-7-4-12-32-21/h3,5-6,8-11,13-14,21H,2,4,7,12,15-16H2,1H3,(H,25,30)(H,27,29)(H,28,31)/b26-14-/t21-/m0/s1. The lowest BCUT2D eigenvalue weighted by atomic mass is 10.1. The van der Waals surface area contributed by atoms with Crippen molar-refractivity contribution in [2.75, 3.05) is 25.1 Å². The van der Waals surface area contributed by atoms with Gasteiger partial charge in [-0.25, -0.2) is 5.43 Å². The van der Waals surface area contributed by atoms with Crippen LogP contribution in [-0.4, -0.2) is 49.8 Å². The number of benzene rings is 2. The van der Waals surface area contributed by atoms with Gasteiger partial charge in [0, 0.05) is 18.8 Å². The lowest BCUT2D eigenvalue weighted by Gasteiger charge is -2.09. The van der Waals surface area contributed by atoms with E-state index in [2.05, 4.69) is 28.1 Å². The average molecular weight is 453 g/mol. The number of ether oxygens (including phenoxy) is 2. The fourth-order valence-corrected chi connectivity index (χ4v) is 3.16. The van der Waals surface area contributed by atoms with Crippen molar-refractivity contribution in [1.82, 2.24) is 10.7 Å². The van der Waals surface area contributed by atoms with E-state index in [9.17, 15) is 14.4 Å². The Kier molecular flexibility index (Phi) is 8.96. The molecule has 0 spiro atoms. The van der Waals surface area contributed by atoms with Gasteiger partial charge in [-0.1, -0.05) is 31.2 Å². The van der Waals surface area contributed by atoms with Gasteiger partial charge in [0.25, 0.3) is 5.91 Å². The Labute approximate surface area is 192 Å². The highest BCUT2D eigenvalue weighted by Gasteiger charge is 2.18. The molecular weight excluding hydrogens is 424 g/mol. The minimum atomic E-state index is -0.861. The number of hydrazone groups is 1. The van der Waals surface area contributed by atoms with Gasteiger partial charge < -0.3 is 20.1 Å².